The van der Waals surface area contributed by atoms with E-state index in [-0.39, 0.29) is 11.3 Å². The van der Waals surface area contributed by atoms with Crippen molar-refractivity contribution in [3.05, 3.63) is 29.8 Å². The van der Waals surface area contributed by atoms with Gasteiger partial charge in [0.1, 0.15) is 6.04 Å². The average molecular weight is 299 g/mol. The molecule has 0 aliphatic carbocycles. The molecule has 0 aliphatic rings. The maximum Gasteiger partial charge on any atom is 0.321 e. The van der Waals surface area contributed by atoms with Gasteiger partial charge in [-0.05, 0) is 30.5 Å². The molecule has 0 heterocycles. The molecule has 1 aromatic rings. The Kier molecular flexibility index (Phi) is 6.16. The van der Waals surface area contributed by atoms with Crippen molar-refractivity contribution in [2.45, 2.75) is 50.5 Å². The Labute approximate surface area is 120 Å². The first-order valence-electron chi connectivity index (χ1n) is 6.74. The summed E-state index contributed by atoms with van der Waals surface area (Å²) >= 11 is 0. The van der Waals surface area contributed by atoms with Crippen LogP contribution >= 0.6 is 0 Å². The van der Waals surface area contributed by atoms with Gasteiger partial charge in [0.05, 0.1) is 4.90 Å². The zero-order valence-corrected chi connectivity index (χ0v) is 12.6. The number of carboxylic acids is 1. The highest BCUT2D eigenvalue weighted by molar-refractivity contribution is 7.89. The normalized spacial score (nSPS) is 13.1. The Bertz CT molecular complexity index is 537. The summed E-state index contributed by atoms with van der Waals surface area (Å²) in [6.07, 6.45) is 2.74. The van der Waals surface area contributed by atoms with E-state index in [9.17, 15) is 13.2 Å². The number of carboxylic acid groups (broad SMARTS) is 1. The molecule has 0 aliphatic heterocycles. The average Bonchev–Trinajstić information content (AvgIpc) is 2.39. The largest absolute Gasteiger partial charge is 0.480 e. The summed E-state index contributed by atoms with van der Waals surface area (Å²) in [5.74, 6) is -1.15. The predicted molar refractivity (Wildman–Crippen MR) is 77.1 cm³/mol. The maximum atomic E-state index is 12.1. The van der Waals surface area contributed by atoms with E-state index in [1.807, 2.05) is 6.92 Å². The zero-order chi connectivity index (χ0) is 15.2. The van der Waals surface area contributed by atoms with Crippen LogP contribution in [-0.2, 0) is 21.2 Å². The summed E-state index contributed by atoms with van der Waals surface area (Å²) in [6.45, 7) is 3.86. The molecule has 1 aromatic carbocycles. The second kappa shape index (κ2) is 7.40. The van der Waals surface area contributed by atoms with Crippen LogP contribution in [0, 0.1) is 0 Å². The van der Waals surface area contributed by atoms with Crippen LogP contribution in [0.1, 0.15) is 38.7 Å². The van der Waals surface area contributed by atoms with E-state index in [0.717, 1.165) is 18.4 Å². The monoisotopic (exact) mass is 299 g/mol. The second-order valence-corrected chi connectivity index (χ2v) is 6.41. The highest BCUT2D eigenvalue weighted by atomic mass is 32.2. The van der Waals surface area contributed by atoms with Gasteiger partial charge in [-0.3, -0.25) is 4.79 Å². The fourth-order valence-corrected chi connectivity index (χ4v) is 3.12. The molecule has 0 saturated carbocycles. The van der Waals surface area contributed by atoms with Gasteiger partial charge in [-0.15, -0.1) is 0 Å². The predicted octanol–water partition coefficient (Wildman–Crippen LogP) is 2.17. The number of rotatable bonds is 8. The number of hydrogen-bond donors (Lipinski definition) is 2. The summed E-state index contributed by atoms with van der Waals surface area (Å²) in [7, 11) is -3.79. The van der Waals surface area contributed by atoms with Gasteiger partial charge in [0.15, 0.2) is 0 Å². The van der Waals surface area contributed by atoms with Crippen LogP contribution in [0.5, 0.6) is 0 Å². The van der Waals surface area contributed by atoms with Crippen molar-refractivity contribution in [2.75, 3.05) is 0 Å². The number of nitrogens with one attached hydrogen (secondary N) is 1. The van der Waals surface area contributed by atoms with Crippen LogP contribution in [0.3, 0.4) is 0 Å². The van der Waals surface area contributed by atoms with Crippen LogP contribution in [-0.4, -0.2) is 25.5 Å². The van der Waals surface area contributed by atoms with E-state index >= 15 is 0 Å². The first-order chi connectivity index (χ1) is 9.40. The lowest BCUT2D eigenvalue weighted by Crippen LogP contribution is -2.40. The molecule has 0 unspecified atom stereocenters. The van der Waals surface area contributed by atoms with Crippen molar-refractivity contribution in [1.82, 2.24) is 4.72 Å². The van der Waals surface area contributed by atoms with Gasteiger partial charge in [0.2, 0.25) is 10.0 Å². The standard InChI is InChI=1S/C14H21NO4S/c1-3-5-11-7-9-12(10-8-11)20(18,19)15-13(6-4-2)14(16)17/h7-10,13,15H,3-6H2,1-2H3,(H,16,17)/t13-/m1/s1. The fourth-order valence-electron chi connectivity index (χ4n) is 1.90. The van der Waals surface area contributed by atoms with Gasteiger partial charge in [-0.25, -0.2) is 8.42 Å². The summed E-state index contributed by atoms with van der Waals surface area (Å²) in [4.78, 5) is 11.1. The quantitative estimate of drug-likeness (QED) is 0.770. The molecular weight excluding hydrogens is 278 g/mol. The molecular formula is C14H21NO4S. The molecule has 0 saturated heterocycles. The molecule has 1 rings (SSSR count). The van der Waals surface area contributed by atoms with Gasteiger partial charge >= 0.3 is 5.97 Å². The molecule has 0 bridgehead atoms. The minimum atomic E-state index is -3.79. The number of hydrogen-bond acceptors (Lipinski definition) is 3. The smallest absolute Gasteiger partial charge is 0.321 e. The highest BCUT2D eigenvalue weighted by Gasteiger charge is 2.24. The van der Waals surface area contributed by atoms with Crippen molar-refractivity contribution >= 4 is 16.0 Å². The van der Waals surface area contributed by atoms with Gasteiger partial charge in [0.25, 0.3) is 0 Å². The van der Waals surface area contributed by atoms with E-state index in [1.54, 1.807) is 12.1 Å². The Hall–Kier alpha value is -1.40. The second-order valence-electron chi connectivity index (χ2n) is 4.69. The van der Waals surface area contributed by atoms with Gasteiger partial charge in [-0.1, -0.05) is 38.8 Å². The van der Waals surface area contributed by atoms with Gasteiger partial charge in [-0.2, -0.15) is 4.72 Å². The third kappa shape index (κ3) is 4.61. The van der Waals surface area contributed by atoms with Crippen LogP contribution in [0.2, 0.25) is 0 Å². The number of benzene rings is 1. The molecule has 20 heavy (non-hydrogen) atoms. The van der Waals surface area contributed by atoms with Crippen LogP contribution in [0.4, 0.5) is 0 Å². The highest BCUT2D eigenvalue weighted by Crippen LogP contribution is 2.13. The van der Waals surface area contributed by atoms with Crippen molar-refractivity contribution in [3.63, 3.8) is 0 Å². The fraction of sp³-hybridized carbons (Fsp3) is 0.500. The van der Waals surface area contributed by atoms with Crippen molar-refractivity contribution < 1.29 is 18.3 Å². The van der Waals surface area contributed by atoms with E-state index in [4.69, 9.17) is 5.11 Å². The van der Waals surface area contributed by atoms with Crippen molar-refractivity contribution in [1.29, 1.82) is 0 Å². The lowest BCUT2D eigenvalue weighted by molar-refractivity contribution is -0.139. The summed E-state index contributed by atoms with van der Waals surface area (Å²) in [5, 5.41) is 9.00. The van der Waals surface area contributed by atoms with E-state index in [1.165, 1.54) is 12.1 Å². The van der Waals surface area contributed by atoms with E-state index in [0.29, 0.717) is 6.42 Å². The zero-order valence-electron chi connectivity index (χ0n) is 11.8. The number of sulfonamides is 1. The lowest BCUT2D eigenvalue weighted by atomic mass is 10.1. The molecule has 0 spiro atoms. The Balaban J connectivity index is 2.89. The topological polar surface area (TPSA) is 83.5 Å². The first kappa shape index (κ1) is 16.7. The molecule has 5 nitrogen and oxygen atoms in total. The van der Waals surface area contributed by atoms with Crippen molar-refractivity contribution in [3.8, 4) is 0 Å². The minimum absolute atomic E-state index is 0.0970. The summed E-state index contributed by atoms with van der Waals surface area (Å²) < 4.78 is 26.5. The Morgan fingerprint density at radius 1 is 1.20 bits per heavy atom. The molecule has 112 valence electrons. The summed E-state index contributed by atoms with van der Waals surface area (Å²) in [5.41, 5.74) is 1.06. The summed E-state index contributed by atoms with van der Waals surface area (Å²) in [6, 6.07) is 5.46. The van der Waals surface area contributed by atoms with Gasteiger partial charge in [0, 0.05) is 0 Å². The van der Waals surface area contributed by atoms with Crippen LogP contribution in [0.25, 0.3) is 0 Å². The Morgan fingerprint density at radius 2 is 1.80 bits per heavy atom. The van der Waals surface area contributed by atoms with Crippen molar-refractivity contribution in [2.24, 2.45) is 0 Å². The molecule has 2 N–H and O–H groups in total. The number of aryl methyl sites for hydroxylation is 1. The van der Waals surface area contributed by atoms with Gasteiger partial charge < -0.3 is 5.11 Å². The third-order valence-corrected chi connectivity index (χ3v) is 4.43. The maximum absolute atomic E-state index is 12.1. The SMILES string of the molecule is CCCc1ccc(S(=O)(=O)N[C@H](CCC)C(=O)O)cc1. The molecule has 6 heteroatoms. The molecule has 0 amide bonds. The molecule has 1 atom stereocenters. The number of carbonyl (C=O) groups is 1. The lowest BCUT2D eigenvalue weighted by Gasteiger charge is -2.14. The molecule has 0 radical (unpaired) electrons. The van der Waals surface area contributed by atoms with E-state index in [2.05, 4.69) is 11.6 Å². The molecule has 0 fully saturated rings. The number of aliphatic carboxylic acids is 1. The van der Waals surface area contributed by atoms with E-state index < -0.39 is 22.0 Å². The molecule has 0 aromatic heterocycles. The first-order valence-corrected chi connectivity index (χ1v) is 8.23. The Morgan fingerprint density at radius 3 is 2.25 bits per heavy atom. The minimum Gasteiger partial charge on any atom is -0.480 e. The third-order valence-electron chi connectivity index (χ3n) is 2.95. The van der Waals surface area contributed by atoms with Crippen LogP contribution < -0.4 is 4.72 Å². The van der Waals surface area contributed by atoms with Crippen LogP contribution in [0.15, 0.2) is 29.2 Å².